The first-order valence-corrected chi connectivity index (χ1v) is 6.86. The van der Waals surface area contributed by atoms with Crippen molar-refractivity contribution in [2.24, 2.45) is 0 Å². The van der Waals surface area contributed by atoms with Crippen LogP contribution in [0, 0.1) is 0 Å². The minimum Gasteiger partial charge on any atom is -0.493 e. The van der Waals surface area contributed by atoms with Gasteiger partial charge in [-0.1, -0.05) is 30.0 Å². The van der Waals surface area contributed by atoms with E-state index < -0.39 is 0 Å². The van der Waals surface area contributed by atoms with Crippen LogP contribution in [-0.2, 0) is 0 Å². The number of carbonyl (C=O) groups excluding carboxylic acids is 1. The number of hydrogen-bond acceptors (Lipinski definition) is 3. The van der Waals surface area contributed by atoms with Crippen molar-refractivity contribution in [2.45, 2.75) is 13.8 Å². The van der Waals surface area contributed by atoms with E-state index in [1.807, 2.05) is 49.1 Å². The van der Waals surface area contributed by atoms with Gasteiger partial charge >= 0.3 is 0 Å². The molecule has 0 heterocycles. The van der Waals surface area contributed by atoms with E-state index in [9.17, 15) is 4.79 Å². The molecule has 0 aliphatic rings. The Balaban J connectivity index is 2.18. The topological polar surface area (TPSA) is 29.5 Å². The van der Waals surface area contributed by atoms with E-state index in [-0.39, 0.29) is 5.24 Å². The highest BCUT2D eigenvalue weighted by Crippen LogP contribution is 2.11. The average molecular weight is 253 g/mol. The van der Waals surface area contributed by atoms with E-state index in [4.69, 9.17) is 4.74 Å². The second kappa shape index (κ2) is 8.01. The van der Waals surface area contributed by atoms with Crippen LogP contribution in [0.25, 0.3) is 0 Å². The number of rotatable bonds is 6. The zero-order chi connectivity index (χ0) is 12.5. The lowest BCUT2D eigenvalue weighted by Gasteiger charge is -2.17. The molecule has 0 unspecified atom stereocenters. The maximum absolute atomic E-state index is 11.6. The van der Waals surface area contributed by atoms with E-state index in [1.54, 1.807) is 0 Å². The normalized spacial score (nSPS) is 10.0. The van der Waals surface area contributed by atoms with Crippen LogP contribution < -0.4 is 4.74 Å². The highest BCUT2D eigenvalue weighted by atomic mass is 32.2. The van der Waals surface area contributed by atoms with Gasteiger partial charge in [0.25, 0.3) is 5.24 Å². The molecule has 0 aliphatic heterocycles. The van der Waals surface area contributed by atoms with Gasteiger partial charge in [0.1, 0.15) is 5.75 Å². The lowest BCUT2D eigenvalue weighted by Crippen LogP contribution is -2.27. The number of benzene rings is 1. The van der Waals surface area contributed by atoms with Crippen LogP contribution in [0.2, 0.25) is 0 Å². The van der Waals surface area contributed by atoms with Gasteiger partial charge in [-0.15, -0.1) is 0 Å². The largest absolute Gasteiger partial charge is 0.493 e. The minimum atomic E-state index is 0.131. The maximum atomic E-state index is 11.6. The Hall–Kier alpha value is -1.16. The summed E-state index contributed by atoms with van der Waals surface area (Å²) in [6, 6.07) is 9.65. The van der Waals surface area contributed by atoms with Crippen molar-refractivity contribution in [1.82, 2.24) is 4.90 Å². The number of amides is 1. The van der Waals surface area contributed by atoms with Crippen LogP contribution in [0.15, 0.2) is 30.3 Å². The van der Waals surface area contributed by atoms with Crippen molar-refractivity contribution < 1.29 is 9.53 Å². The molecule has 0 bridgehead atoms. The Morgan fingerprint density at radius 1 is 1.24 bits per heavy atom. The van der Waals surface area contributed by atoms with Gasteiger partial charge in [0.2, 0.25) is 0 Å². The van der Waals surface area contributed by atoms with Crippen LogP contribution in [0.4, 0.5) is 4.79 Å². The molecule has 0 N–H and O–H groups in total. The van der Waals surface area contributed by atoms with Crippen molar-refractivity contribution in [2.75, 3.05) is 25.4 Å². The molecule has 0 fully saturated rings. The predicted octanol–water partition coefficient (Wildman–Crippen LogP) is 3.26. The first kappa shape index (κ1) is 13.9. The Kier molecular flexibility index (Phi) is 6.55. The molecule has 0 aromatic heterocycles. The summed E-state index contributed by atoms with van der Waals surface area (Å²) < 4.78 is 5.51. The second-order valence-electron chi connectivity index (χ2n) is 3.45. The first-order valence-electron chi connectivity index (χ1n) is 5.87. The summed E-state index contributed by atoms with van der Waals surface area (Å²) in [7, 11) is 0. The van der Waals surface area contributed by atoms with E-state index in [0.29, 0.717) is 12.4 Å². The minimum absolute atomic E-state index is 0.131. The van der Waals surface area contributed by atoms with Gasteiger partial charge in [-0.3, -0.25) is 4.79 Å². The molecule has 4 heteroatoms. The maximum Gasteiger partial charge on any atom is 0.281 e. The average Bonchev–Trinajstić information content (AvgIpc) is 2.37. The van der Waals surface area contributed by atoms with E-state index in [0.717, 1.165) is 18.8 Å². The van der Waals surface area contributed by atoms with E-state index in [1.165, 1.54) is 11.8 Å². The fraction of sp³-hybridized carbons (Fsp3) is 0.462. The molecular formula is C13H19NO2S. The van der Waals surface area contributed by atoms with E-state index >= 15 is 0 Å². The molecule has 1 aromatic rings. The molecule has 1 amide bonds. The van der Waals surface area contributed by atoms with Gasteiger partial charge in [0.15, 0.2) is 0 Å². The van der Waals surface area contributed by atoms with Crippen molar-refractivity contribution in [1.29, 1.82) is 0 Å². The molecule has 0 spiro atoms. The molecule has 0 saturated carbocycles. The van der Waals surface area contributed by atoms with Crippen LogP contribution in [0.3, 0.4) is 0 Å². The molecule has 17 heavy (non-hydrogen) atoms. The summed E-state index contributed by atoms with van der Waals surface area (Å²) in [5.41, 5.74) is 0. The third kappa shape index (κ3) is 5.13. The van der Waals surface area contributed by atoms with Crippen LogP contribution in [0.5, 0.6) is 5.75 Å². The van der Waals surface area contributed by atoms with Gasteiger partial charge in [-0.25, -0.2) is 0 Å². The highest BCUT2D eigenvalue weighted by Gasteiger charge is 2.09. The molecule has 0 radical (unpaired) electrons. The Bertz CT molecular complexity index is 325. The summed E-state index contributed by atoms with van der Waals surface area (Å²) in [6.45, 7) is 6.07. The molecule has 1 aromatic carbocycles. The number of thioether (sulfide) groups is 1. The molecule has 94 valence electrons. The molecular weight excluding hydrogens is 234 g/mol. The third-order valence-electron chi connectivity index (χ3n) is 2.34. The Morgan fingerprint density at radius 2 is 1.88 bits per heavy atom. The summed E-state index contributed by atoms with van der Waals surface area (Å²) in [5, 5.41) is 0.131. The fourth-order valence-electron chi connectivity index (χ4n) is 1.38. The summed E-state index contributed by atoms with van der Waals surface area (Å²) in [5.74, 6) is 1.54. The van der Waals surface area contributed by atoms with Crippen molar-refractivity contribution >= 4 is 17.0 Å². The molecule has 0 saturated heterocycles. The van der Waals surface area contributed by atoms with Gasteiger partial charge < -0.3 is 9.64 Å². The van der Waals surface area contributed by atoms with E-state index in [2.05, 4.69) is 0 Å². The van der Waals surface area contributed by atoms with Gasteiger partial charge in [-0.05, 0) is 26.0 Å². The number of hydrogen-bond donors (Lipinski definition) is 0. The second-order valence-corrected chi connectivity index (χ2v) is 4.49. The van der Waals surface area contributed by atoms with Crippen molar-refractivity contribution in [3.63, 3.8) is 0 Å². The molecule has 0 atom stereocenters. The van der Waals surface area contributed by atoms with Crippen molar-refractivity contribution in [3.8, 4) is 5.75 Å². The number of ether oxygens (including phenoxy) is 1. The fourth-order valence-corrected chi connectivity index (χ4v) is 2.16. The molecule has 0 aliphatic carbocycles. The van der Waals surface area contributed by atoms with Crippen molar-refractivity contribution in [3.05, 3.63) is 30.3 Å². The highest BCUT2D eigenvalue weighted by molar-refractivity contribution is 8.13. The van der Waals surface area contributed by atoms with Crippen LogP contribution in [0.1, 0.15) is 13.8 Å². The Morgan fingerprint density at radius 3 is 2.47 bits per heavy atom. The summed E-state index contributed by atoms with van der Waals surface area (Å²) in [4.78, 5) is 13.5. The van der Waals surface area contributed by atoms with Gasteiger partial charge in [-0.2, -0.15) is 0 Å². The zero-order valence-corrected chi connectivity index (χ0v) is 11.2. The SMILES string of the molecule is CCN(CC)C(=O)SCCOc1ccccc1. The number of nitrogens with zero attached hydrogens (tertiary/aromatic N) is 1. The lowest BCUT2D eigenvalue weighted by atomic mass is 10.3. The Labute approximate surface area is 107 Å². The number of para-hydroxylation sites is 1. The quantitative estimate of drug-likeness (QED) is 0.729. The first-order chi connectivity index (χ1) is 8.27. The summed E-state index contributed by atoms with van der Waals surface area (Å²) >= 11 is 1.31. The van der Waals surface area contributed by atoms with Crippen LogP contribution in [-0.4, -0.2) is 35.6 Å². The summed E-state index contributed by atoms with van der Waals surface area (Å²) in [6.07, 6.45) is 0. The standard InChI is InChI=1S/C13H19NO2S/c1-3-14(4-2)13(15)17-11-10-16-12-8-6-5-7-9-12/h5-9H,3-4,10-11H2,1-2H3. The lowest BCUT2D eigenvalue weighted by molar-refractivity contribution is 0.228. The van der Waals surface area contributed by atoms with Gasteiger partial charge in [0.05, 0.1) is 6.61 Å². The monoisotopic (exact) mass is 253 g/mol. The predicted molar refractivity (Wildman–Crippen MR) is 72.7 cm³/mol. The third-order valence-corrected chi connectivity index (χ3v) is 3.22. The smallest absolute Gasteiger partial charge is 0.281 e. The molecule has 3 nitrogen and oxygen atoms in total. The number of carbonyl (C=O) groups is 1. The zero-order valence-electron chi connectivity index (χ0n) is 10.4. The van der Waals surface area contributed by atoms with Gasteiger partial charge in [0, 0.05) is 18.8 Å². The van der Waals surface area contributed by atoms with Crippen LogP contribution >= 0.6 is 11.8 Å². The molecule has 1 rings (SSSR count).